The molecule has 0 aromatic heterocycles. The van der Waals surface area contributed by atoms with Crippen molar-refractivity contribution in [3.8, 4) is 11.5 Å². The molecule has 1 aliphatic heterocycles. The summed E-state index contributed by atoms with van der Waals surface area (Å²) in [7, 11) is 0. The van der Waals surface area contributed by atoms with Gasteiger partial charge in [-0.1, -0.05) is 36.4 Å². The molecule has 1 heterocycles. The lowest BCUT2D eigenvalue weighted by Crippen LogP contribution is -2.23. The van der Waals surface area contributed by atoms with Crippen LogP contribution in [0.5, 0.6) is 11.5 Å². The number of hydrogen-bond acceptors (Lipinski definition) is 3. The van der Waals surface area contributed by atoms with Gasteiger partial charge >= 0.3 is 0 Å². The molecule has 1 atom stereocenters. The van der Waals surface area contributed by atoms with Crippen molar-refractivity contribution in [2.45, 2.75) is 12.5 Å². The van der Waals surface area contributed by atoms with Crippen LogP contribution in [0.25, 0.3) is 0 Å². The maximum Gasteiger partial charge on any atom is 0.161 e. The zero-order chi connectivity index (χ0) is 13.3. The molecular weight excluding hydrogens is 240 g/mol. The van der Waals surface area contributed by atoms with Crippen LogP contribution in [0.15, 0.2) is 48.5 Å². The third-order valence-corrected chi connectivity index (χ3v) is 3.44. The molecule has 3 rings (SSSR count). The van der Waals surface area contributed by atoms with Crippen LogP contribution in [0.3, 0.4) is 0 Å². The Morgan fingerprint density at radius 3 is 2.32 bits per heavy atom. The summed E-state index contributed by atoms with van der Waals surface area (Å²) in [5, 5.41) is 10.8. The Morgan fingerprint density at radius 1 is 0.895 bits per heavy atom. The highest BCUT2D eigenvalue weighted by molar-refractivity contribution is 5.47. The first-order valence-electron chi connectivity index (χ1n) is 6.36. The molecule has 0 bridgehead atoms. The van der Waals surface area contributed by atoms with Crippen LogP contribution in [-0.4, -0.2) is 18.3 Å². The van der Waals surface area contributed by atoms with Gasteiger partial charge in [-0.3, -0.25) is 0 Å². The lowest BCUT2D eigenvalue weighted by molar-refractivity contribution is 0.101. The van der Waals surface area contributed by atoms with E-state index in [0.29, 0.717) is 19.0 Å². The Kier molecular flexibility index (Phi) is 2.91. The van der Waals surface area contributed by atoms with Crippen LogP contribution in [-0.2, 0) is 5.60 Å². The molecule has 0 fully saturated rings. The number of hydrogen-bond donors (Lipinski definition) is 1. The van der Waals surface area contributed by atoms with Gasteiger partial charge in [0.15, 0.2) is 11.5 Å². The first kappa shape index (κ1) is 12.1. The molecule has 1 N–H and O–H groups in total. The van der Waals surface area contributed by atoms with Crippen molar-refractivity contribution in [3.63, 3.8) is 0 Å². The summed E-state index contributed by atoms with van der Waals surface area (Å²) >= 11 is 0. The maximum atomic E-state index is 10.8. The second-order valence-electron chi connectivity index (χ2n) is 4.80. The van der Waals surface area contributed by atoms with Crippen LogP contribution in [0, 0.1) is 0 Å². The Balaban J connectivity index is 2.02. The van der Waals surface area contributed by atoms with E-state index in [1.54, 1.807) is 6.92 Å². The third-order valence-electron chi connectivity index (χ3n) is 3.44. The van der Waals surface area contributed by atoms with Gasteiger partial charge in [0.1, 0.15) is 18.8 Å². The van der Waals surface area contributed by atoms with E-state index in [2.05, 4.69) is 0 Å². The smallest absolute Gasteiger partial charge is 0.161 e. The van der Waals surface area contributed by atoms with Crippen molar-refractivity contribution in [3.05, 3.63) is 59.7 Å². The first-order valence-corrected chi connectivity index (χ1v) is 6.36. The number of fused-ring (bicyclic) bond motifs is 1. The molecule has 98 valence electrons. The second-order valence-corrected chi connectivity index (χ2v) is 4.80. The van der Waals surface area contributed by atoms with Gasteiger partial charge in [-0.25, -0.2) is 0 Å². The van der Waals surface area contributed by atoms with E-state index in [1.165, 1.54) is 0 Å². The molecule has 3 heteroatoms. The molecule has 1 aliphatic rings. The highest BCUT2D eigenvalue weighted by Gasteiger charge is 2.27. The molecule has 1 unspecified atom stereocenters. The van der Waals surface area contributed by atoms with Gasteiger partial charge in [0.25, 0.3) is 0 Å². The second kappa shape index (κ2) is 4.59. The van der Waals surface area contributed by atoms with Gasteiger partial charge in [-0.15, -0.1) is 0 Å². The molecule has 0 aliphatic carbocycles. The summed E-state index contributed by atoms with van der Waals surface area (Å²) in [6.45, 7) is 2.90. The molecule has 0 saturated heterocycles. The highest BCUT2D eigenvalue weighted by Crippen LogP contribution is 2.36. The van der Waals surface area contributed by atoms with Crippen molar-refractivity contribution >= 4 is 0 Å². The zero-order valence-corrected chi connectivity index (χ0v) is 10.8. The number of rotatable bonds is 2. The molecule has 3 nitrogen and oxygen atoms in total. The lowest BCUT2D eigenvalue weighted by Gasteiger charge is -2.26. The summed E-state index contributed by atoms with van der Waals surface area (Å²) in [5.41, 5.74) is 0.603. The Bertz CT molecular complexity index is 576. The number of benzene rings is 2. The largest absolute Gasteiger partial charge is 0.486 e. The fraction of sp³-hybridized carbons (Fsp3) is 0.250. The van der Waals surface area contributed by atoms with Crippen LogP contribution < -0.4 is 9.47 Å². The van der Waals surface area contributed by atoms with E-state index in [9.17, 15) is 5.11 Å². The lowest BCUT2D eigenvalue weighted by atomic mass is 9.88. The van der Waals surface area contributed by atoms with Gasteiger partial charge in [0.05, 0.1) is 0 Å². The molecule has 0 saturated carbocycles. The van der Waals surface area contributed by atoms with E-state index in [-0.39, 0.29) is 0 Å². The third kappa shape index (κ3) is 2.17. The van der Waals surface area contributed by atoms with Crippen LogP contribution in [0.4, 0.5) is 0 Å². The molecule has 0 amide bonds. The zero-order valence-electron chi connectivity index (χ0n) is 10.8. The summed E-state index contributed by atoms with van der Waals surface area (Å²) in [6, 6.07) is 15.2. The Morgan fingerprint density at radius 2 is 1.58 bits per heavy atom. The standard InChI is InChI=1S/C16H16O3/c1-16(17,12-5-3-2-4-6-12)13-7-8-14-15(11-13)19-10-9-18-14/h2-8,11,17H,9-10H2,1H3. The fourth-order valence-electron chi connectivity index (χ4n) is 2.28. The van der Waals surface area contributed by atoms with Crippen molar-refractivity contribution < 1.29 is 14.6 Å². The minimum absolute atomic E-state index is 0.546. The first-order chi connectivity index (χ1) is 9.18. The average Bonchev–Trinajstić information content (AvgIpc) is 2.47. The minimum atomic E-state index is -1.04. The minimum Gasteiger partial charge on any atom is -0.486 e. The van der Waals surface area contributed by atoms with E-state index in [0.717, 1.165) is 16.9 Å². The van der Waals surface area contributed by atoms with E-state index in [4.69, 9.17) is 9.47 Å². The topological polar surface area (TPSA) is 38.7 Å². The molecule has 2 aromatic rings. The van der Waals surface area contributed by atoms with Crippen molar-refractivity contribution in [2.75, 3.05) is 13.2 Å². The van der Waals surface area contributed by atoms with Crippen LogP contribution in [0.1, 0.15) is 18.1 Å². The fourth-order valence-corrected chi connectivity index (χ4v) is 2.28. The van der Waals surface area contributed by atoms with Crippen LogP contribution in [0.2, 0.25) is 0 Å². The summed E-state index contributed by atoms with van der Waals surface area (Å²) in [5.74, 6) is 1.43. The van der Waals surface area contributed by atoms with Gasteiger partial charge in [-0.2, -0.15) is 0 Å². The van der Waals surface area contributed by atoms with Crippen LogP contribution >= 0.6 is 0 Å². The normalized spacial score (nSPS) is 16.7. The number of aliphatic hydroxyl groups is 1. The van der Waals surface area contributed by atoms with Gasteiger partial charge in [-0.05, 0) is 30.2 Å². The van der Waals surface area contributed by atoms with Gasteiger partial charge in [0, 0.05) is 0 Å². The van der Waals surface area contributed by atoms with E-state index >= 15 is 0 Å². The monoisotopic (exact) mass is 256 g/mol. The summed E-state index contributed by atoms with van der Waals surface area (Å²) in [4.78, 5) is 0. The van der Waals surface area contributed by atoms with Gasteiger partial charge in [0.2, 0.25) is 0 Å². The quantitative estimate of drug-likeness (QED) is 0.898. The molecular formula is C16H16O3. The summed E-state index contributed by atoms with van der Waals surface area (Å²) in [6.07, 6.45) is 0. The van der Waals surface area contributed by atoms with E-state index < -0.39 is 5.60 Å². The van der Waals surface area contributed by atoms with Gasteiger partial charge < -0.3 is 14.6 Å². The molecule has 0 radical (unpaired) electrons. The summed E-state index contributed by atoms with van der Waals surface area (Å²) < 4.78 is 11.0. The Labute approximate surface area is 112 Å². The SMILES string of the molecule is CC(O)(c1ccccc1)c1ccc2c(c1)OCCO2. The number of ether oxygens (including phenoxy) is 2. The average molecular weight is 256 g/mol. The highest BCUT2D eigenvalue weighted by atomic mass is 16.6. The Hall–Kier alpha value is -2.00. The maximum absolute atomic E-state index is 10.8. The van der Waals surface area contributed by atoms with Crippen molar-refractivity contribution in [1.29, 1.82) is 0 Å². The van der Waals surface area contributed by atoms with E-state index in [1.807, 2.05) is 48.5 Å². The molecule has 2 aromatic carbocycles. The molecule has 19 heavy (non-hydrogen) atoms. The predicted octanol–water partition coefficient (Wildman–Crippen LogP) is 2.71. The predicted molar refractivity (Wildman–Crippen MR) is 72.5 cm³/mol. The molecule has 0 spiro atoms. The van der Waals surface area contributed by atoms with Crippen molar-refractivity contribution in [2.24, 2.45) is 0 Å². The van der Waals surface area contributed by atoms with Crippen molar-refractivity contribution in [1.82, 2.24) is 0 Å².